The monoisotopic (exact) mass is 305 g/mol. The molecular formula is C15H20ClN5. The second kappa shape index (κ2) is 5.64. The predicted octanol–water partition coefficient (Wildman–Crippen LogP) is 3.55. The fourth-order valence-corrected chi connectivity index (χ4v) is 3.38. The van der Waals surface area contributed by atoms with Gasteiger partial charge in [-0.25, -0.2) is 4.68 Å². The maximum Gasteiger partial charge on any atom is 0.182 e. The van der Waals surface area contributed by atoms with Gasteiger partial charge in [0.25, 0.3) is 0 Å². The molecule has 1 aromatic heterocycles. The lowest BCUT2D eigenvalue weighted by Gasteiger charge is -2.27. The lowest BCUT2D eigenvalue weighted by Crippen LogP contribution is -2.24. The molecule has 3 rings (SSSR count). The molecule has 1 aromatic carbocycles. The molecule has 0 unspecified atom stereocenters. The van der Waals surface area contributed by atoms with Crippen LogP contribution in [0.4, 0.5) is 5.69 Å². The number of nitrogens with two attached hydrogens (primary N) is 1. The maximum absolute atomic E-state index is 5.98. The molecule has 0 atom stereocenters. The Kier molecular flexibility index (Phi) is 3.85. The van der Waals surface area contributed by atoms with E-state index in [0.717, 1.165) is 24.4 Å². The van der Waals surface area contributed by atoms with Gasteiger partial charge < -0.3 is 5.73 Å². The molecule has 2 N–H and O–H groups in total. The van der Waals surface area contributed by atoms with Crippen molar-refractivity contribution in [2.75, 3.05) is 5.73 Å². The van der Waals surface area contributed by atoms with Crippen LogP contribution in [0.15, 0.2) is 18.2 Å². The van der Waals surface area contributed by atoms with E-state index in [0.29, 0.717) is 16.1 Å². The van der Waals surface area contributed by atoms with Gasteiger partial charge in [-0.1, -0.05) is 31.4 Å². The summed E-state index contributed by atoms with van der Waals surface area (Å²) in [6.07, 6.45) is 6.28. The zero-order valence-electron chi connectivity index (χ0n) is 12.2. The summed E-state index contributed by atoms with van der Waals surface area (Å²) in [6.45, 7) is 3.13. The molecule has 1 aliphatic rings. The standard InChI is InChI=1S/C15H20ClN5/c1-2-15(7-3-4-8-15)10-21-14(18-19-20-21)11-5-6-12(16)13(17)9-11/h5-6,9H,2-4,7-8,10,17H2,1H3. The average molecular weight is 306 g/mol. The topological polar surface area (TPSA) is 69.6 Å². The largest absolute Gasteiger partial charge is 0.398 e. The molecular weight excluding hydrogens is 286 g/mol. The van der Waals surface area contributed by atoms with Crippen molar-refractivity contribution in [3.8, 4) is 11.4 Å². The van der Waals surface area contributed by atoms with Crippen molar-refractivity contribution in [3.05, 3.63) is 23.2 Å². The van der Waals surface area contributed by atoms with Crippen molar-refractivity contribution in [3.63, 3.8) is 0 Å². The summed E-state index contributed by atoms with van der Waals surface area (Å²) in [4.78, 5) is 0. The van der Waals surface area contributed by atoms with Gasteiger partial charge in [-0.05, 0) is 53.3 Å². The van der Waals surface area contributed by atoms with Gasteiger partial charge in [0.1, 0.15) is 0 Å². The number of aromatic nitrogens is 4. The van der Waals surface area contributed by atoms with Gasteiger partial charge in [-0.2, -0.15) is 0 Å². The number of hydrogen-bond donors (Lipinski definition) is 1. The van der Waals surface area contributed by atoms with E-state index in [1.807, 2.05) is 16.8 Å². The molecule has 0 bridgehead atoms. The van der Waals surface area contributed by atoms with Gasteiger partial charge in [0.05, 0.1) is 17.3 Å². The molecule has 112 valence electrons. The van der Waals surface area contributed by atoms with E-state index in [1.165, 1.54) is 25.7 Å². The molecule has 0 amide bonds. The minimum atomic E-state index is 0.335. The van der Waals surface area contributed by atoms with E-state index < -0.39 is 0 Å². The van der Waals surface area contributed by atoms with E-state index in [2.05, 4.69) is 22.4 Å². The minimum absolute atomic E-state index is 0.335. The van der Waals surface area contributed by atoms with E-state index >= 15 is 0 Å². The summed E-state index contributed by atoms with van der Waals surface area (Å²) < 4.78 is 1.91. The fraction of sp³-hybridized carbons (Fsp3) is 0.533. The van der Waals surface area contributed by atoms with E-state index in [-0.39, 0.29) is 0 Å². The number of tetrazole rings is 1. The van der Waals surface area contributed by atoms with Crippen LogP contribution in [0, 0.1) is 5.41 Å². The number of nitrogens with zero attached hydrogens (tertiary/aromatic N) is 4. The van der Waals surface area contributed by atoms with Gasteiger partial charge >= 0.3 is 0 Å². The molecule has 0 spiro atoms. The third-order valence-corrected chi connectivity index (χ3v) is 5.03. The molecule has 6 heteroatoms. The van der Waals surface area contributed by atoms with Gasteiger partial charge in [0, 0.05) is 5.56 Å². The average Bonchev–Trinajstić information content (AvgIpc) is 3.12. The normalized spacial score (nSPS) is 17.2. The number of halogens is 1. The van der Waals surface area contributed by atoms with Crippen LogP contribution in [-0.4, -0.2) is 20.2 Å². The Morgan fingerprint density at radius 2 is 2.10 bits per heavy atom. The highest BCUT2D eigenvalue weighted by molar-refractivity contribution is 6.33. The van der Waals surface area contributed by atoms with E-state index in [9.17, 15) is 0 Å². The third-order valence-electron chi connectivity index (χ3n) is 4.69. The van der Waals surface area contributed by atoms with Crippen LogP contribution >= 0.6 is 11.6 Å². The van der Waals surface area contributed by atoms with Crippen LogP contribution in [-0.2, 0) is 6.54 Å². The molecule has 0 saturated heterocycles. The first kappa shape index (κ1) is 14.3. The van der Waals surface area contributed by atoms with Gasteiger partial charge in [0.15, 0.2) is 5.82 Å². The lowest BCUT2D eigenvalue weighted by molar-refractivity contribution is 0.226. The van der Waals surface area contributed by atoms with Gasteiger partial charge in [-0.15, -0.1) is 5.10 Å². The smallest absolute Gasteiger partial charge is 0.182 e. The number of benzene rings is 1. The number of anilines is 1. The number of rotatable bonds is 4. The highest BCUT2D eigenvalue weighted by atomic mass is 35.5. The third kappa shape index (κ3) is 2.75. The maximum atomic E-state index is 5.98. The summed E-state index contributed by atoms with van der Waals surface area (Å²) in [5, 5.41) is 12.8. The Hall–Kier alpha value is -1.62. The van der Waals surface area contributed by atoms with Crippen molar-refractivity contribution in [2.45, 2.75) is 45.6 Å². The highest BCUT2D eigenvalue weighted by Crippen LogP contribution is 2.42. The van der Waals surface area contributed by atoms with E-state index in [4.69, 9.17) is 17.3 Å². The molecule has 1 fully saturated rings. The Balaban J connectivity index is 1.91. The molecule has 1 aliphatic carbocycles. The zero-order chi connectivity index (χ0) is 14.9. The van der Waals surface area contributed by atoms with Crippen molar-refractivity contribution in [1.82, 2.24) is 20.2 Å². The van der Waals surface area contributed by atoms with Gasteiger partial charge in [0.2, 0.25) is 0 Å². The summed E-state index contributed by atoms with van der Waals surface area (Å²) in [6, 6.07) is 5.53. The molecule has 21 heavy (non-hydrogen) atoms. The first-order valence-electron chi connectivity index (χ1n) is 7.45. The summed E-state index contributed by atoms with van der Waals surface area (Å²) in [7, 11) is 0. The van der Waals surface area contributed by atoms with Crippen molar-refractivity contribution in [2.24, 2.45) is 5.41 Å². The van der Waals surface area contributed by atoms with Crippen molar-refractivity contribution in [1.29, 1.82) is 0 Å². The number of hydrogen-bond acceptors (Lipinski definition) is 4. The van der Waals surface area contributed by atoms with Gasteiger partial charge in [-0.3, -0.25) is 0 Å². The first-order valence-corrected chi connectivity index (χ1v) is 7.83. The van der Waals surface area contributed by atoms with Crippen molar-refractivity contribution >= 4 is 17.3 Å². The van der Waals surface area contributed by atoms with E-state index in [1.54, 1.807) is 6.07 Å². The van der Waals surface area contributed by atoms with Crippen LogP contribution in [0.5, 0.6) is 0 Å². The molecule has 1 heterocycles. The summed E-state index contributed by atoms with van der Waals surface area (Å²) in [5.74, 6) is 0.762. The summed E-state index contributed by atoms with van der Waals surface area (Å²) >= 11 is 5.98. The Labute approximate surface area is 129 Å². The summed E-state index contributed by atoms with van der Waals surface area (Å²) in [5.41, 5.74) is 7.68. The zero-order valence-corrected chi connectivity index (χ0v) is 13.0. The Bertz CT molecular complexity index is 631. The van der Waals surface area contributed by atoms with Crippen LogP contribution < -0.4 is 5.73 Å². The van der Waals surface area contributed by atoms with Crippen LogP contribution in [0.3, 0.4) is 0 Å². The molecule has 2 aromatic rings. The molecule has 0 radical (unpaired) electrons. The number of nitrogen functional groups attached to an aromatic ring is 1. The molecule has 0 aliphatic heterocycles. The fourth-order valence-electron chi connectivity index (χ4n) is 3.27. The second-order valence-corrected chi connectivity index (χ2v) is 6.36. The molecule has 5 nitrogen and oxygen atoms in total. The first-order chi connectivity index (χ1) is 10.1. The second-order valence-electron chi connectivity index (χ2n) is 5.96. The van der Waals surface area contributed by atoms with Crippen molar-refractivity contribution < 1.29 is 0 Å². The lowest BCUT2D eigenvalue weighted by atomic mass is 9.83. The Morgan fingerprint density at radius 1 is 1.33 bits per heavy atom. The van der Waals surface area contributed by atoms with Crippen LogP contribution in [0.2, 0.25) is 5.02 Å². The highest BCUT2D eigenvalue weighted by Gasteiger charge is 2.33. The minimum Gasteiger partial charge on any atom is -0.398 e. The Morgan fingerprint density at radius 3 is 2.76 bits per heavy atom. The van der Waals surface area contributed by atoms with Crippen LogP contribution in [0.25, 0.3) is 11.4 Å². The SMILES string of the molecule is CCC1(Cn2nnnc2-c2ccc(Cl)c(N)c2)CCCC1. The predicted molar refractivity (Wildman–Crippen MR) is 83.9 cm³/mol. The van der Waals surface area contributed by atoms with Crippen LogP contribution in [0.1, 0.15) is 39.0 Å². The molecule has 1 saturated carbocycles. The quantitative estimate of drug-likeness (QED) is 0.877.